The van der Waals surface area contributed by atoms with E-state index in [1.807, 2.05) is 23.6 Å². The van der Waals surface area contributed by atoms with E-state index in [0.29, 0.717) is 23.9 Å². The number of carbonyl (C=O) groups is 1. The van der Waals surface area contributed by atoms with Crippen molar-refractivity contribution in [1.29, 1.82) is 0 Å². The number of pyridine rings is 1. The van der Waals surface area contributed by atoms with Gasteiger partial charge in [0.2, 0.25) is 5.91 Å². The number of sulfone groups is 1. The van der Waals surface area contributed by atoms with Crippen molar-refractivity contribution >= 4 is 27.5 Å². The van der Waals surface area contributed by atoms with Crippen molar-refractivity contribution in [2.75, 3.05) is 23.8 Å². The smallest absolute Gasteiger partial charge is 0.233 e. The number of thioether (sulfide) groups is 1. The molecule has 35 heavy (non-hydrogen) atoms. The molecule has 0 N–H and O–H groups in total. The molecule has 0 radical (unpaired) electrons. The Kier molecular flexibility index (Phi) is 7.91. The molecule has 3 aromatic rings. The first-order valence-electron chi connectivity index (χ1n) is 12.0. The number of aromatic nitrogens is 4. The molecule has 1 fully saturated rings. The highest BCUT2D eigenvalue weighted by Crippen LogP contribution is 2.32. The fourth-order valence-corrected chi connectivity index (χ4v) is 7.17. The summed E-state index contributed by atoms with van der Waals surface area (Å²) in [6.07, 6.45) is 5.67. The van der Waals surface area contributed by atoms with Crippen LogP contribution in [0.1, 0.15) is 38.3 Å². The molecule has 1 amide bonds. The standard InChI is InChI=1S/C25H31N5O3S2/c1-4-18-9-7-10-19(5-2)23(18)30-24(20-11-8-13-26-15-20)27-28-25(30)34-16-22(31)29(6-3)21-12-14-35(32,33)17-21/h7-11,13,15,21H,4-6,12,14,16-17H2,1-3H3. The minimum atomic E-state index is -3.07. The minimum absolute atomic E-state index is 0.0440. The quantitative estimate of drug-likeness (QED) is 0.403. The number of rotatable bonds is 9. The summed E-state index contributed by atoms with van der Waals surface area (Å²) in [5.74, 6) is 0.938. The van der Waals surface area contributed by atoms with Crippen LogP contribution in [-0.4, -0.2) is 68.8 Å². The molecule has 2 aromatic heterocycles. The molecule has 10 heteroatoms. The summed E-state index contributed by atoms with van der Waals surface area (Å²) >= 11 is 1.33. The maximum atomic E-state index is 13.2. The van der Waals surface area contributed by atoms with Crippen LogP contribution < -0.4 is 0 Å². The van der Waals surface area contributed by atoms with Gasteiger partial charge in [-0.15, -0.1) is 10.2 Å². The molecule has 3 heterocycles. The molecule has 0 spiro atoms. The topological polar surface area (TPSA) is 98.1 Å². The number of nitrogens with zero attached hydrogens (tertiary/aromatic N) is 5. The third-order valence-corrected chi connectivity index (χ3v) is 9.04. The lowest BCUT2D eigenvalue weighted by atomic mass is 10.0. The van der Waals surface area contributed by atoms with Crippen LogP contribution in [0.2, 0.25) is 0 Å². The summed E-state index contributed by atoms with van der Waals surface area (Å²) in [5, 5.41) is 9.61. The van der Waals surface area contributed by atoms with Crippen molar-refractivity contribution in [2.24, 2.45) is 0 Å². The van der Waals surface area contributed by atoms with Gasteiger partial charge in [0, 0.05) is 30.5 Å². The van der Waals surface area contributed by atoms with E-state index in [0.717, 1.165) is 24.1 Å². The highest BCUT2D eigenvalue weighted by atomic mass is 32.2. The first-order chi connectivity index (χ1) is 16.9. The van der Waals surface area contributed by atoms with Crippen molar-refractivity contribution in [3.63, 3.8) is 0 Å². The van der Waals surface area contributed by atoms with Crippen LogP contribution in [0.15, 0.2) is 47.9 Å². The van der Waals surface area contributed by atoms with Gasteiger partial charge in [0.25, 0.3) is 0 Å². The number of benzene rings is 1. The molecular weight excluding hydrogens is 482 g/mol. The van der Waals surface area contributed by atoms with Crippen LogP contribution in [0.25, 0.3) is 17.1 Å². The Hall–Kier alpha value is -2.72. The van der Waals surface area contributed by atoms with Gasteiger partial charge in [0.05, 0.1) is 22.9 Å². The largest absolute Gasteiger partial charge is 0.338 e. The molecule has 4 rings (SSSR count). The highest BCUT2D eigenvalue weighted by molar-refractivity contribution is 7.99. The summed E-state index contributed by atoms with van der Waals surface area (Å²) in [6, 6.07) is 9.86. The maximum Gasteiger partial charge on any atom is 0.233 e. The Morgan fingerprint density at radius 2 is 1.86 bits per heavy atom. The van der Waals surface area contributed by atoms with Crippen molar-refractivity contribution in [1.82, 2.24) is 24.6 Å². The number of carbonyl (C=O) groups excluding carboxylic acids is 1. The van der Waals surface area contributed by atoms with Gasteiger partial charge in [-0.3, -0.25) is 14.3 Å². The highest BCUT2D eigenvalue weighted by Gasteiger charge is 2.34. The Labute approximate surface area is 211 Å². The molecular formula is C25H31N5O3S2. The van der Waals surface area contributed by atoms with Gasteiger partial charge in [0.15, 0.2) is 20.8 Å². The second kappa shape index (κ2) is 10.9. The summed E-state index contributed by atoms with van der Waals surface area (Å²) in [7, 11) is -3.07. The molecule has 1 saturated heterocycles. The van der Waals surface area contributed by atoms with Crippen LogP contribution in [0, 0.1) is 0 Å². The number of para-hydroxylation sites is 1. The van der Waals surface area contributed by atoms with E-state index < -0.39 is 9.84 Å². The number of amides is 1. The van der Waals surface area contributed by atoms with Crippen LogP contribution >= 0.6 is 11.8 Å². The molecule has 1 unspecified atom stereocenters. The molecule has 1 aliphatic heterocycles. The lowest BCUT2D eigenvalue weighted by Crippen LogP contribution is -2.42. The van der Waals surface area contributed by atoms with Gasteiger partial charge < -0.3 is 4.90 Å². The summed E-state index contributed by atoms with van der Waals surface area (Å²) in [6.45, 7) is 6.61. The van der Waals surface area contributed by atoms with Crippen molar-refractivity contribution in [2.45, 2.75) is 51.2 Å². The Balaban J connectivity index is 1.69. The SMILES string of the molecule is CCc1cccc(CC)c1-n1c(SCC(=O)N(CC)C2CCS(=O)(=O)C2)nnc1-c1cccnc1. The number of aryl methyl sites for hydroxylation is 2. The zero-order valence-electron chi connectivity index (χ0n) is 20.3. The average Bonchev–Trinajstić information content (AvgIpc) is 3.45. The second-order valence-corrected chi connectivity index (χ2v) is 11.7. The van der Waals surface area contributed by atoms with Gasteiger partial charge in [-0.05, 0) is 49.4 Å². The van der Waals surface area contributed by atoms with Gasteiger partial charge in [-0.1, -0.05) is 43.8 Å². The van der Waals surface area contributed by atoms with E-state index in [4.69, 9.17) is 0 Å². The van der Waals surface area contributed by atoms with E-state index >= 15 is 0 Å². The van der Waals surface area contributed by atoms with Gasteiger partial charge in [-0.25, -0.2) is 8.42 Å². The summed E-state index contributed by atoms with van der Waals surface area (Å²) in [5.41, 5.74) is 4.24. The summed E-state index contributed by atoms with van der Waals surface area (Å²) in [4.78, 5) is 19.1. The van der Waals surface area contributed by atoms with Crippen LogP contribution in [0.5, 0.6) is 0 Å². The van der Waals surface area contributed by atoms with Gasteiger partial charge in [-0.2, -0.15) is 0 Å². The van der Waals surface area contributed by atoms with Gasteiger partial charge in [0.1, 0.15) is 0 Å². The third kappa shape index (κ3) is 5.43. The molecule has 1 aliphatic rings. The van der Waals surface area contributed by atoms with Crippen molar-refractivity contribution in [3.05, 3.63) is 53.9 Å². The average molecular weight is 514 g/mol. The van der Waals surface area contributed by atoms with E-state index in [1.54, 1.807) is 17.3 Å². The Morgan fingerprint density at radius 3 is 2.43 bits per heavy atom. The molecule has 0 aliphatic carbocycles. The number of hydrogen-bond acceptors (Lipinski definition) is 7. The van der Waals surface area contributed by atoms with Crippen LogP contribution in [0.3, 0.4) is 0 Å². The number of hydrogen-bond donors (Lipinski definition) is 0. The summed E-state index contributed by atoms with van der Waals surface area (Å²) < 4.78 is 26.0. The molecule has 1 atom stereocenters. The van der Waals surface area contributed by atoms with Crippen molar-refractivity contribution in [3.8, 4) is 17.1 Å². The predicted molar refractivity (Wildman–Crippen MR) is 139 cm³/mol. The predicted octanol–water partition coefficient (Wildman–Crippen LogP) is 3.58. The fraction of sp³-hybridized carbons (Fsp3) is 0.440. The molecule has 0 bridgehead atoms. The van der Waals surface area contributed by atoms with Gasteiger partial charge >= 0.3 is 0 Å². The zero-order valence-corrected chi connectivity index (χ0v) is 22.0. The van der Waals surface area contributed by atoms with E-state index in [9.17, 15) is 13.2 Å². The monoisotopic (exact) mass is 513 g/mol. The third-order valence-electron chi connectivity index (χ3n) is 6.38. The van der Waals surface area contributed by atoms with E-state index in [-0.39, 0.29) is 29.2 Å². The second-order valence-electron chi connectivity index (χ2n) is 8.54. The lowest BCUT2D eigenvalue weighted by molar-refractivity contribution is -0.129. The Morgan fingerprint density at radius 1 is 1.11 bits per heavy atom. The Bertz CT molecular complexity index is 1270. The maximum absolute atomic E-state index is 13.2. The lowest BCUT2D eigenvalue weighted by Gasteiger charge is -2.26. The molecule has 8 nitrogen and oxygen atoms in total. The first kappa shape index (κ1) is 25.4. The molecule has 1 aromatic carbocycles. The normalized spacial score (nSPS) is 16.9. The fourth-order valence-electron chi connectivity index (χ4n) is 4.62. The minimum Gasteiger partial charge on any atom is -0.338 e. The first-order valence-corrected chi connectivity index (χ1v) is 14.8. The van der Waals surface area contributed by atoms with Crippen molar-refractivity contribution < 1.29 is 13.2 Å². The van der Waals surface area contributed by atoms with E-state index in [1.165, 1.54) is 22.9 Å². The molecule has 186 valence electrons. The van der Waals surface area contributed by atoms with E-state index in [2.05, 4.69) is 47.2 Å². The molecule has 0 saturated carbocycles. The van der Waals surface area contributed by atoms with Crippen LogP contribution in [-0.2, 0) is 27.5 Å². The zero-order chi connectivity index (χ0) is 25.0. The van der Waals surface area contributed by atoms with Crippen LogP contribution in [0.4, 0.5) is 0 Å².